The van der Waals surface area contributed by atoms with E-state index in [0.717, 1.165) is 13.0 Å². The summed E-state index contributed by atoms with van der Waals surface area (Å²) in [5.41, 5.74) is 5.54. The molecule has 2 atom stereocenters. The average Bonchev–Trinajstić information content (AvgIpc) is 2.23. The van der Waals surface area contributed by atoms with Gasteiger partial charge in [-0.15, -0.1) is 0 Å². The summed E-state index contributed by atoms with van der Waals surface area (Å²) >= 11 is 4.90. The van der Waals surface area contributed by atoms with Crippen LogP contribution < -0.4 is 5.73 Å². The van der Waals surface area contributed by atoms with Gasteiger partial charge in [0.2, 0.25) is 5.91 Å². The van der Waals surface area contributed by atoms with Crippen LogP contribution in [0.25, 0.3) is 0 Å². The lowest BCUT2D eigenvalue weighted by Gasteiger charge is -2.26. The van der Waals surface area contributed by atoms with Crippen LogP contribution in [-0.4, -0.2) is 28.9 Å². The fourth-order valence-electron chi connectivity index (χ4n) is 1.28. The summed E-state index contributed by atoms with van der Waals surface area (Å²) in [4.78, 5) is 14.2. The largest absolute Gasteiger partial charge is 0.393 e. The van der Waals surface area contributed by atoms with Gasteiger partial charge in [0.1, 0.15) is 0 Å². The van der Waals surface area contributed by atoms with Gasteiger partial charge in [0.05, 0.1) is 4.99 Å². The zero-order valence-electron chi connectivity index (χ0n) is 10.1. The molecule has 3 nitrogen and oxygen atoms in total. The first kappa shape index (κ1) is 14.4. The maximum Gasteiger partial charge on any atom is 0.225 e. The molecule has 0 saturated heterocycles. The Balaban J connectivity index is 4.36. The van der Waals surface area contributed by atoms with E-state index in [1.165, 1.54) is 0 Å². The van der Waals surface area contributed by atoms with Gasteiger partial charge in [-0.3, -0.25) is 4.79 Å². The lowest BCUT2D eigenvalue weighted by Crippen LogP contribution is -2.40. The molecule has 4 heteroatoms. The molecule has 0 aliphatic carbocycles. The van der Waals surface area contributed by atoms with Crippen LogP contribution in [0.2, 0.25) is 0 Å². The molecule has 0 aromatic heterocycles. The third-order valence-electron chi connectivity index (χ3n) is 2.71. The molecule has 1 amide bonds. The molecule has 0 aliphatic rings. The van der Waals surface area contributed by atoms with Gasteiger partial charge >= 0.3 is 0 Å². The fraction of sp³-hybridized carbons (Fsp3) is 0.818. The van der Waals surface area contributed by atoms with E-state index in [2.05, 4.69) is 0 Å². The van der Waals surface area contributed by atoms with Crippen molar-refractivity contribution in [1.82, 2.24) is 4.90 Å². The highest BCUT2D eigenvalue weighted by molar-refractivity contribution is 7.80. The van der Waals surface area contributed by atoms with Crippen LogP contribution in [0.15, 0.2) is 0 Å². The van der Waals surface area contributed by atoms with Crippen molar-refractivity contribution >= 4 is 23.1 Å². The van der Waals surface area contributed by atoms with Gasteiger partial charge in [0.25, 0.3) is 0 Å². The van der Waals surface area contributed by atoms with E-state index in [1.807, 2.05) is 32.6 Å². The van der Waals surface area contributed by atoms with Gasteiger partial charge in [-0.25, -0.2) is 0 Å². The highest BCUT2D eigenvalue weighted by atomic mass is 32.1. The normalized spacial score (nSPS) is 14.4. The second kappa shape index (κ2) is 6.77. The molecule has 0 radical (unpaired) electrons. The maximum absolute atomic E-state index is 11.9. The van der Waals surface area contributed by atoms with Crippen LogP contribution >= 0.6 is 12.2 Å². The van der Waals surface area contributed by atoms with Crippen molar-refractivity contribution in [2.75, 3.05) is 13.1 Å². The molecule has 0 bridgehead atoms. The Bertz CT molecular complexity index is 231. The fourth-order valence-corrected chi connectivity index (χ4v) is 1.36. The number of nitrogens with zero attached hydrogens (tertiary/aromatic N) is 1. The average molecular weight is 230 g/mol. The van der Waals surface area contributed by atoms with E-state index in [4.69, 9.17) is 18.0 Å². The summed E-state index contributed by atoms with van der Waals surface area (Å²) in [6, 6.07) is 0. The Morgan fingerprint density at radius 2 is 1.87 bits per heavy atom. The van der Waals surface area contributed by atoms with Gasteiger partial charge in [0, 0.05) is 24.9 Å². The number of amides is 1. The van der Waals surface area contributed by atoms with Crippen LogP contribution in [0.3, 0.4) is 0 Å². The number of rotatable bonds is 6. The van der Waals surface area contributed by atoms with Crippen molar-refractivity contribution in [3.63, 3.8) is 0 Å². The predicted octanol–water partition coefficient (Wildman–Crippen LogP) is 1.80. The van der Waals surface area contributed by atoms with Gasteiger partial charge < -0.3 is 10.6 Å². The third-order valence-corrected chi connectivity index (χ3v) is 3.11. The summed E-state index contributed by atoms with van der Waals surface area (Å²) in [6.07, 6.45) is 0.872. The predicted molar refractivity (Wildman–Crippen MR) is 67.7 cm³/mol. The number of hydrogen-bond donors (Lipinski definition) is 1. The molecule has 0 saturated carbocycles. The SMILES string of the molecule is CCC(C)C(=O)N(CC)CC(C)C(N)=S. The van der Waals surface area contributed by atoms with Crippen LogP contribution in [-0.2, 0) is 4.79 Å². The number of thiocarbonyl (C=S) groups is 1. The topological polar surface area (TPSA) is 46.3 Å². The van der Waals surface area contributed by atoms with Crippen molar-refractivity contribution in [1.29, 1.82) is 0 Å². The van der Waals surface area contributed by atoms with Gasteiger partial charge in [-0.05, 0) is 13.3 Å². The minimum Gasteiger partial charge on any atom is -0.393 e. The van der Waals surface area contributed by atoms with E-state index in [1.54, 1.807) is 0 Å². The smallest absolute Gasteiger partial charge is 0.225 e. The first-order chi connectivity index (χ1) is 6.93. The first-order valence-corrected chi connectivity index (χ1v) is 5.92. The molecule has 0 fully saturated rings. The molecule has 0 aromatic rings. The van der Waals surface area contributed by atoms with E-state index in [-0.39, 0.29) is 17.7 Å². The zero-order valence-corrected chi connectivity index (χ0v) is 10.9. The number of nitrogens with two attached hydrogens (primary N) is 1. The van der Waals surface area contributed by atoms with Crippen molar-refractivity contribution in [2.45, 2.75) is 34.1 Å². The molecule has 0 aromatic carbocycles. The first-order valence-electron chi connectivity index (χ1n) is 5.52. The molecule has 0 aliphatic heterocycles. The quantitative estimate of drug-likeness (QED) is 0.708. The van der Waals surface area contributed by atoms with Crippen LogP contribution in [0.1, 0.15) is 34.1 Å². The van der Waals surface area contributed by atoms with Crippen molar-refractivity contribution < 1.29 is 4.79 Å². The van der Waals surface area contributed by atoms with Gasteiger partial charge in [-0.2, -0.15) is 0 Å². The van der Waals surface area contributed by atoms with E-state index in [0.29, 0.717) is 11.5 Å². The zero-order chi connectivity index (χ0) is 12.0. The summed E-state index contributed by atoms with van der Waals surface area (Å²) in [5, 5.41) is 0. The van der Waals surface area contributed by atoms with Crippen molar-refractivity contribution in [2.24, 2.45) is 17.6 Å². The summed E-state index contributed by atoms with van der Waals surface area (Å²) in [7, 11) is 0. The Morgan fingerprint density at radius 1 is 1.33 bits per heavy atom. The standard InChI is InChI=1S/C11H22N2OS/c1-5-8(3)11(14)13(6-2)7-9(4)10(12)15/h8-9H,5-7H2,1-4H3,(H2,12,15). The van der Waals surface area contributed by atoms with Crippen LogP contribution in [0.4, 0.5) is 0 Å². The Kier molecular flexibility index (Phi) is 6.48. The lowest BCUT2D eigenvalue weighted by atomic mass is 10.1. The molecule has 2 unspecified atom stereocenters. The number of carbonyl (C=O) groups is 1. The number of carbonyl (C=O) groups excluding carboxylic acids is 1. The molecular formula is C11H22N2OS. The van der Waals surface area contributed by atoms with Gasteiger partial charge in [0.15, 0.2) is 0 Å². The Morgan fingerprint density at radius 3 is 2.20 bits per heavy atom. The maximum atomic E-state index is 11.9. The van der Waals surface area contributed by atoms with Crippen LogP contribution in [0, 0.1) is 11.8 Å². The summed E-state index contributed by atoms with van der Waals surface area (Å²) in [5.74, 6) is 0.375. The Labute approximate surface area is 98.0 Å². The summed E-state index contributed by atoms with van der Waals surface area (Å²) in [6.45, 7) is 9.26. The van der Waals surface area contributed by atoms with Crippen molar-refractivity contribution in [3.8, 4) is 0 Å². The molecule has 0 heterocycles. The minimum atomic E-state index is 0.0866. The highest BCUT2D eigenvalue weighted by Crippen LogP contribution is 2.09. The molecule has 15 heavy (non-hydrogen) atoms. The van der Waals surface area contributed by atoms with E-state index >= 15 is 0 Å². The van der Waals surface area contributed by atoms with Crippen molar-refractivity contribution in [3.05, 3.63) is 0 Å². The molecule has 0 rings (SSSR count). The number of hydrogen-bond acceptors (Lipinski definition) is 2. The summed E-state index contributed by atoms with van der Waals surface area (Å²) < 4.78 is 0. The molecule has 88 valence electrons. The second-order valence-corrected chi connectivity index (χ2v) is 4.46. The second-order valence-electron chi connectivity index (χ2n) is 3.99. The van der Waals surface area contributed by atoms with E-state index < -0.39 is 0 Å². The van der Waals surface area contributed by atoms with Gasteiger partial charge in [-0.1, -0.05) is 33.0 Å². The minimum absolute atomic E-state index is 0.0866. The highest BCUT2D eigenvalue weighted by Gasteiger charge is 2.20. The van der Waals surface area contributed by atoms with E-state index in [9.17, 15) is 4.79 Å². The third kappa shape index (κ3) is 4.60. The molecule has 2 N–H and O–H groups in total. The van der Waals surface area contributed by atoms with Crippen LogP contribution in [0.5, 0.6) is 0 Å². The lowest BCUT2D eigenvalue weighted by molar-refractivity contribution is -0.135. The molecule has 0 spiro atoms. The molecular weight excluding hydrogens is 208 g/mol. The monoisotopic (exact) mass is 230 g/mol. The Hall–Kier alpha value is -0.640.